The second kappa shape index (κ2) is 6.58. The molecule has 0 radical (unpaired) electrons. The molecule has 1 heterocycles. The third kappa shape index (κ3) is 3.70. The van der Waals surface area contributed by atoms with Gasteiger partial charge in [-0.3, -0.25) is 4.79 Å². The van der Waals surface area contributed by atoms with Crippen LogP contribution < -0.4 is 0 Å². The van der Waals surface area contributed by atoms with Gasteiger partial charge in [-0.05, 0) is 60.4 Å². The van der Waals surface area contributed by atoms with E-state index in [1.54, 1.807) is 13.8 Å². The molecule has 0 saturated carbocycles. The highest BCUT2D eigenvalue weighted by molar-refractivity contribution is 9.10. The molecule has 0 unspecified atom stereocenters. The molecule has 0 aromatic heterocycles. The Balaban J connectivity index is 2.21. The van der Waals surface area contributed by atoms with Crippen LogP contribution in [0.15, 0.2) is 58.6 Å². The van der Waals surface area contributed by atoms with Gasteiger partial charge >= 0.3 is 12.1 Å². The number of esters is 1. The third-order valence-corrected chi connectivity index (χ3v) is 4.83. The van der Waals surface area contributed by atoms with Crippen molar-refractivity contribution in [1.82, 2.24) is 0 Å². The maximum absolute atomic E-state index is 12.9. The van der Waals surface area contributed by atoms with Crippen LogP contribution in [0.4, 0.5) is 13.2 Å². The molecule has 1 aliphatic heterocycles. The molecule has 2 aromatic rings. The van der Waals surface area contributed by atoms with Crippen molar-refractivity contribution in [3.05, 3.63) is 75.3 Å². The van der Waals surface area contributed by atoms with Gasteiger partial charge in [0, 0.05) is 4.47 Å². The summed E-state index contributed by atoms with van der Waals surface area (Å²) in [6.07, 6.45) is -4.29. The van der Waals surface area contributed by atoms with Gasteiger partial charge in [0.2, 0.25) is 0 Å². The molecule has 3 rings (SSSR count). The predicted molar refractivity (Wildman–Crippen MR) is 96.4 cm³/mol. The zero-order valence-corrected chi connectivity index (χ0v) is 15.7. The molecule has 1 fully saturated rings. The van der Waals surface area contributed by atoms with Crippen LogP contribution in [0.25, 0.3) is 5.57 Å². The normalized spacial score (nSPS) is 18.6. The fourth-order valence-electron chi connectivity index (χ4n) is 3.11. The third-order valence-electron chi connectivity index (χ3n) is 4.33. The number of hydrogen-bond donors (Lipinski definition) is 0. The molecule has 0 N–H and O–H groups in total. The maximum atomic E-state index is 12.9. The van der Waals surface area contributed by atoms with E-state index in [1.807, 2.05) is 24.3 Å². The Morgan fingerprint density at radius 3 is 2.23 bits per heavy atom. The Labute approximate surface area is 157 Å². The van der Waals surface area contributed by atoms with Crippen molar-refractivity contribution in [2.75, 3.05) is 0 Å². The SMILES string of the molecule is CC1(C)OC(=O)C/C1=C(\c1ccc(C(F)(F)F)cc1)c1cccc(Br)c1. The summed E-state index contributed by atoms with van der Waals surface area (Å²) in [7, 11) is 0. The highest BCUT2D eigenvalue weighted by Gasteiger charge is 2.39. The van der Waals surface area contributed by atoms with E-state index in [2.05, 4.69) is 15.9 Å². The van der Waals surface area contributed by atoms with E-state index >= 15 is 0 Å². The molecule has 6 heteroatoms. The van der Waals surface area contributed by atoms with Gasteiger partial charge in [-0.15, -0.1) is 0 Å². The summed E-state index contributed by atoms with van der Waals surface area (Å²) in [5.41, 5.74) is 1.35. The number of cyclic esters (lactones) is 1. The summed E-state index contributed by atoms with van der Waals surface area (Å²) >= 11 is 3.42. The second-order valence-corrected chi connectivity index (χ2v) is 7.52. The van der Waals surface area contributed by atoms with E-state index in [1.165, 1.54) is 12.1 Å². The van der Waals surface area contributed by atoms with E-state index < -0.39 is 17.3 Å². The first-order valence-electron chi connectivity index (χ1n) is 7.97. The van der Waals surface area contributed by atoms with Crippen molar-refractivity contribution < 1.29 is 22.7 Å². The first-order chi connectivity index (χ1) is 12.1. The van der Waals surface area contributed by atoms with E-state index in [0.29, 0.717) is 5.56 Å². The van der Waals surface area contributed by atoms with Crippen LogP contribution in [-0.2, 0) is 15.7 Å². The standard InChI is InChI=1S/C20H16BrF3O2/c1-19(2)16(11-17(25)26-19)18(13-4-3-5-15(21)10-13)12-6-8-14(9-7-12)20(22,23)24/h3-10H,11H2,1-2H3/b18-16-. The average molecular weight is 425 g/mol. The lowest BCUT2D eigenvalue weighted by molar-refractivity contribution is -0.145. The Kier molecular flexibility index (Phi) is 4.73. The lowest BCUT2D eigenvalue weighted by Crippen LogP contribution is -2.21. The van der Waals surface area contributed by atoms with Crippen molar-refractivity contribution >= 4 is 27.5 Å². The Morgan fingerprint density at radius 2 is 1.73 bits per heavy atom. The van der Waals surface area contributed by atoms with Crippen molar-refractivity contribution in [1.29, 1.82) is 0 Å². The molecule has 136 valence electrons. The Morgan fingerprint density at radius 1 is 1.08 bits per heavy atom. The van der Waals surface area contributed by atoms with Gasteiger partial charge in [0.05, 0.1) is 12.0 Å². The van der Waals surface area contributed by atoms with E-state index in [4.69, 9.17) is 4.74 Å². The molecule has 1 aliphatic rings. The van der Waals surface area contributed by atoms with Gasteiger partial charge < -0.3 is 4.74 Å². The molecular formula is C20H16BrF3O2. The van der Waals surface area contributed by atoms with Crippen LogP contribution in [0, 0.1) is 0 Å². The molecular weight excluding hydrogens is 409 g/mol. The van der Waals surface area contributed by atoms with Crippen molar-refractivity contribution in [3.8, 4) is 0 Å². The minimum atomic E-state index is -4.40. The predicted octanol–water partition coefficient (Wildman–Crippen LogP) is 6.00. The first-order valence-corrected chi connectivity index (χ1v) is 8.76. The van der Waals surface area contributed by atoms with Crippen LogP contribution in [0.2, 0.25) is 0 Å². The van der Waals surface area contributed by atoms with Crippen molar-refractivity contribution in [2.24, 2.45) is 0 Å². The number of ether oxygens (including phenoxy) is 1. The molecule has 0 atom stereocenters. The summed E-state index contributed by atoms with van der Waals surface area (Å²) < 4.78 is 44.9. The van der Waals surface area contributed by atoms with Crippen LogP contribution >= 0.6 is 15.9 Å². The molecule has 2 nitrogen and oxygen atoms in total. The Bertz CT molecular complexity index is 881. The number of carbonyl (C=O) groups excluding carboxylic acids is 1. The highest BCUT2D eigenvalue weighted by Crippen LogP contribution is 2.41. The summed E-state index contributed by atoms with van der Waals surface area (Å²) in [6.45, 7) is 3.57. The van der Waals surface area contributed by atoms with Gasteiger partial charge in [-0.1, -0.05) is 40.2 Å². The van der Waals surface area contributed by atoms with Gasteiger partial charge in [-0.2, -0.15) is 13.2 Å². The molecule has 0 aliphatic carbocycles. The van der Waals surface area contributed by atoms with E-state index in [-0.39, 0.29) is 12.4 Å². The van der Waals surface area contributed by atoms with Crippen molar-refractivity contribution in [3.63, 3.8) is 0 Å². The zero-order chi connectivity index (χ0) is 19.1. The Hall–Kier alpha value is -2.08. The number of rotatable bonds is 2. The average Bonchev–Trinajstić information content (AvgIpc) is 2.80. The lowest BCUT2D eigenvalue weighted by atomic mass is 9.85. The molecule has 0 amide bonds. The summed E-state index contributed by atoms with van der Waals surface area (Å²) in [4.78, 5) is 11.9. The second-order valence-electron chi connectivity index (χ2n) is 6.60. The summed E-state index contributed by atoms with van der Waals surface area (Å²) in [5.74, 6) is -0.343. The van der Waals surface area contributed by atoms with Crippen LogP contribution in [0.1, 0.15) is 37.0 Å². The molecule has 26 heavy (non-hydrogen) atoms. The van der Waals surface area contributed by atoms with Gasteiger partial charge in [0.25, 0.3) is 0 Å². The largest absolute Gasteiger partial charge is 0.455 e. The minimum absolute atomic E-state index is 0.107. The molecule has 0 spiro atoms. The van der Waals surface area contributed by atoms with Crippen LogP contribution in [-0.4, -0.2) is 11.6 Å². The monoisotopic (exact) mass is 424 g/mol. The highest BCUT2D eigenvalue weighted by atomic mass is 79.9. The number of halogens is 4. The smallest absolute Gasteiger partial charge is 0.416 e. The van der Waals surface area contributed by atoms with Gasteiger partial charge in [0.15, 0.2) is 0 Å². The van der Waals surface area contributed by atoms with Crippen LogP contribution in [0.5, 0.6) is 0 Å². The lowest BCUT2D eigenvalue weighted by Gasteiger charge is -2.23. The van der Waals surface area contributed by atoms with Gasteiger partial charge in [-0.25, -0.2) is 0 Å². The topological polar surface area (TPSA) is 26.3 Å². The number of alkyl halides is 3. The molecule has 1 saturated heterocycles. The first kappa shape index (κ1) is 18.7. The summed E-state index contributed by atoms with van der Waals surface area (Å²) in [5, 5.41) is 0. The van der Waals surface area contributed by atoms with E-state index in [9.17, 15) is 18.0 Å². The molecule has 2 aromatic carbocycles. The quantitative estimate of drug-likeness (QED) is 0.552. The van der Waals surface area contributed by atoms with Crippen LogP contribution in [0.3, 0.4) is 0 Å². The van der Waals surface area contributed by atoms with Gasteiger partial charge in [0.1, 0.15) is 5.60 Å². The minimum Gasteiger partial charge on any atom is -0.455 e. The number of hydrogen-bond acceptors (Lipinski definition) is 2. The zero-order valence-electron chi connectivity index (χ0n) is 14.2. The fraction of sp³-hybridized carbons (Fsp3) is 0.250. The number of carbonyl (C=O) groups is 1. The fourth-order valence-corrected chi connectivity index (χ4v) is 3.51. The van der Waals surface area contributed by atoms with E-state index in [0.717, 1.165) is 33.3 Å². The summed E-state index contributed by atoms with van der Waals surface area (Å²) in [6, 6.07) is 12.4. The number of benzene rings is 2. The maximum Gasteiger partial charge on any atom is 0.416 e. The van der Waals surface area contributed by atoms with Crippen molar-refractivity contribution in [2.45, 2.75) is 32.0 Å². The molecule has 0 bridgehead atoms.